The van der Waals surface area contributed by atoms with E-state index in [9.17, 15) is 14.3 Å². The summed E-state index contributed by atoms with van der Waals surface area (Å²) in [5.74, 6) is -0.398. The van der Waals surface area contributed by atoms with Gasteiger partial charge in [0.2, 0.25) is 0 Å². The molecule has 1 aliphatic heterocycles. The van der Waals surface area contributed by atoms with Crippen molar-refractivity contribution in [2.45, 2.75) is 16.7 Å². The van der Waals surface area contributed by atoms with E-state index in [2.05, 4.69) is 14.6 Å². The summed E-state index contributed by atoms with van der Waals surface area (Å²) in [6.07, 6.45) is 2.03. The molecule has 1 atom stereocenters. The minimum Gasteiger partial charge on any atom is -0.391 e. The van der Waals surface area contributed by atoms with E-state index >= 15 is 0 Å². The number of aromatic amines is 1. The predicted octanol–water partition coefficient (Wildman–Crippen LogP) is 3.42. The molecule has 0 aliphatic carbocycles. The molecule has 0 radical (unpaired) electrons. The van der Waals surface area contributed by atoms with Crippen LogP contribution in [0.5, 0.6) is 0 Å². The van der Waals surface area contributed by atoms with E-state index in [0.29, 0.717) is 17.3 Å². The van der Waals surface area contributed by atoms with Gasteiger partial charge in [-0.15, -0.1) is 11.3 Å². The number of anilines is 2. The molecule has 5 nitrogen and oxygen atoms in total. The van der Waals surface area contributed by atoms with E-state index in [1.54, 1.807) is 17.4 Å². The normalized spacial score (nSPS) is 17.4. The molecule has 25 heavy (non-hydrogen) atoms. The Morgan fingerprint density at radius 1 is 1.36 bits per heavy atom. The fourth-order valence-corrected chi connectivity index (χ4v) is 4.69. The van der Waals surface area contributed by atoms with Crippen LogP contribution in [0.25, 0.3) is 10.8 Å². The number of pyridine rings is 1. The smallest absolute Gasteiger partial charge is 0.255 e. The molecule has 4 rings (SSSR count). The molecular formula is C17H16FN3O2S2. The lowest BCUT2D eigenvalue weighted by Gasteiger charge is -2.14. The first-order valence-electron chi connectivity index (χ1n) is 7.87. The highest BCUT2D eigenvalue weighted by Gasteiger charge is 2.21. The summed E-state index contributed by atoms with van der Waals surface area (Å²) < 4.78 is 18.2. The average molecular weight is 377 g/mol. The summed E-state index contributed by atoms with van der Waals surface area (Å²) in [6.45, 7) is 1.50. The number of fused-ring (bicyclic) bond motifs is 1. The van der Waals surface area contributed by atoms with Gasteiger partial charge in [0.05, 0.1) is 21.0 Å². The molecule has 0 amide bonds. The largest absolute Gasteiger partial charge is 0.391 e. The predicted molar refractivity (Wildman–Crippen MR) is 101 cm³/mol. The second kappa shape index (κ2) is 6.70. The number of aromatic nitrogens is 1. The van der Waals surface area contributed by atoms with E-state index in [4.69, 9.17) is 0 Å². The molecule has 2 aromatic heterocycles. The van der Waals surface area contributed by atoms with Crippen LogP contribution >= 0.6 is 23.3 Å². The maximum absolute atomic E-state index is 14.2. The van der Waals surface area contributed by atoms with Crippen molar-refractivity contribution in [2.24, 2.45) is 0 Å². The second-order valence-electron chi connectivity index (χ2n) is 5.91. The van der Waals surface area contributed by atoms with E-state index < -0.39 is 5.82 Å². The molecule has 0 spiro atoms. The fourth-order valence-electron chi connectivity index (χ4n) is 2.87. The first-order valence-corrected chi connectivity index (χ1v) is 9.50. The van der Waals surface area contributed by atoms with Crippen LogP contribution in [0, 0.1) is 5.82 Å². The Morgan fingerprint density at radius 2 is 2.24 bits per heavy atom. The highest BCUT2D eigenvalue weighted by Crippen LogP contribution is 2.35. The van der Waals surface area contributed by atoms with Crippen LogP contribution in [0.2, 0.25) is 0 Å². The minimum absolute atomic E-state index is 0.239. The maximum atomic E-state index is 14.2. The zero-order valence-corrected chi connectivity index (χ0v) is 14.8. The molecule has 1 aliphatic rings. The topological polar surface area (TPSA) is 68.4 Å². The lowest BCUT2D eigenvalue weighted by molar-refractivity contribution is 0.198. The third-order valence-electron chi connectivity index (χ3n) is 4.16. The fraction of sp³-hybridized carbons (Fsp3) is 0.235. The molecule has 1 aromatic carbocycles. The van der Waals surface area contributed by atoms with Gasteiger partial charge in [-0.05, 0) is 54.1 Å². The van der Waals surface area contributed by atoms with Crippen LogP contribution in [0.3, 0.4) is 0 Å². The Bertz CT molecular complexity index is 972. The average Bonchev–Trinajstić information content (AvgIpc) is 3.22. The van der Waals surface area contributed by atoms with E-state index in [0.717, 1.165) is 22.2 Å². The van der Waals surface area contributed by atoms with Crippen molar-refractivity contribution in [3.05, 3.63) is 52.7 Å². The summed E-state index contributed by atoms with van der Waals surface area (Å²) in [5.41, 5.74) is 0.0392. The van der Waals surface area contributed by atoms with Crippen LogP contribution in [0.15, 0.2) is 45.5 Å². The van der Waals surface area contributed by atoms with Gasteiger partial charge in [-0.3, -0.25) is 4.79 Å². The zero-order chi connectivity index (χ0) is 17.4. The molecule has 3 N–H and O–H groups in total. The Kier molecular flexibility index (Phi) is 4.41. The van der Waals surface area contributed by atoms with Crippen LogP contribution in [0.1, 0.15) is 6.42 Å². The van der Waals surface area contributed by atoms with Gasteiger partial charge in [-0.2, -0.15) is 0 Å². The SMILES string of the molecule is O=c1[nH]ccc2cc(F)c(NSc3ccc(N4CC[C@@H](O)C4)s3)cc12. The number of aliphatic hydroxyl groups excluding tert-OH is 1. The number of thiophene rings is 1. The molecule has 3 aromatic rings. The Hall–Kier alpha value is -2.03. The third kappa shape index (κ3) is 3.37. The summed E-state index contributed by atoms with van der Waals surface area (Å²) in [7, 11) is 0. The van der Waals surface area contributed by atoms with Gasteiger partial charge in [-0.1, -0.05) is 0 Å². The summed E-state index contributed by atoms with van der Waals surface area (Å²) >= 11 is 2.90. The van der Waals surface area contributed by atoms with Crippen molar-refractivity contribution in [3.63, 3.8) is 0 Å². The molecule has 8 heteroatoms. The molecule has 0 saturated carbocycles. The number of benzene rings is 1. The van der Waals surface area contributed by atoms with Crippen molar-refractivity contribution < 1.29 is 9.50 Å². The van der Waals surface area contributed by atoms with Crippen molar-refractivity contribution in [1.82, 2.24) is 4.98 Å². The number of hydrogen-bond acceptors (Lipinski definition) is 6. The van der Waals surface area contributed by atoms with E-state index in [1.807, 2.05) is 12.1 Å². The second-order valence-corrected chi connectivity index (χ2v) is 8.08. The molecule has 1 fully saturated rings. The number of hydrogen-bond donors (Lipinski definition) is 3. The highest BCUT2D eigenvalue weighted by atomic mass is 32.2. The van der Waals surface area contributed by atoms with Gasteiger partial charge in [-0.25, -0.2) is 4.39 Å². The first kappa shape index (κ1) is 16.4. The number of nitrogens with one attached hydrogen (secondary N) is 2. The van der Waals surface area contributed by atoms with Crippen molar-refractivity contribution in [3.8, 4) is 0 Å². The Morgan fingerprint density at radius 3 is 3.04 bits per heavy atom. The van der Waals surface area contributed by atoms with Gasteiger partial charge in [0, 0.05) is 24.7 Å². The van der Waals surface area contributed by atoms with Crippen molar-refractivity contribution in [2.75, 3.05) is 22.7 Å². The van der Waals surface area contributed by atoms with Gasteiger partial charge in [0.15, 0.2) is 0 Å². The Balaban J connectivity index is 1.51. The number of H-pyrrole nitrogens is 1. The number of β-amino-alcohol motifs (C(OH)–C–C–N with tert-alkyl or cyclic N) is 1. The number of nitrogens with zero attached hydrogens (tertiary/aromatic N) is 1. The van der Waals surface area contributed by atoms with Gasteiger partial charge in [0.1, 0.15) is 5.82 Å². The third-order valence-corrected chi connectivity index (χ3v) is 6.26. The number of aliphatic hydroxyl groups is 1. The minimum atomic E-state index is -0.398. The molecule has 1 saturated heterocycles. The standard InChI is InChI=1S/C17H16FN3O2S2/c18-13-7-10-3-5-19-17(23)12(10)8-14(13)20-25-16-2-1-15(24-16)21-6-4-11(22)9-21/h1-3,5,7-8,11,20,22H,4,6,9H2,(H,19,23)/t11-/m1/s1. The van der Waals surface area contributed by atoms with Crippen LogP contribution in [0.4, 0.5) is 15.1 Å². The molecule has 130 valence electrons. The van der Waals surface area contributed by atoms with Gasteiger partial charge < -0.3 is 19.7 Å². The number of halogens is 1. The Labute approximate surface area is 151 Å². The summed E-state index contributed by atoms with van der Waals surface area (Å²) in [6, 6.07) is 8.54. The van der Waals surface area contributed by atoms with E-state index in [-0.39, 0.29) is 17.4 Å². The van der Waals surface area contributed by atoms with E-state index in [1.165, 1.54) is 30.3 Å². The van der Waals surface area contributed by atoms with Gasteiger partial charge >= 0.3 is 0 Å². The van der Waals surface area contributed by atoms with Crippen LogP contribution in [-0.4, -0.2) is 29.3 Å². The molecule has 0 bridgehead atoms. The lowest BCUT2D eigenvalue weighted by Crippen LogP contribution is -2.19. The number of rotatable bonds is 4. The van der Waals surface area contributed by atoms with Crippen LogP contribution < -0.4 is 15.2 Å². The zero-order valence-electron chi connectivity index (χ0n) is 13.2. The van der Waals surface area contributed by atoms with Crippen molar-refractivity contribution >= 4 is 44.7 Å². The van der Waals surface area contributed by atoms with Crippen LogP contribution in [-0.2, 0) is 0 Å². The maximum Gasteiger partial charge on any atom is 0.255 e. The van der Waals surface area contributed by atoms with Crippen molar-refractivity contribution in [1.29, 1.82) is 0 Å². The molecule has 0 unspecified atom stereocenters. The first-order chi connectivity index (χ1) is 12.1. The summed E-state index contributed by atoms with van der Waals surface area (Å²) in [5, 5.41) is 11.7. The van der Waals surface area contributed by atoms with Gasteiger partial charge in [0.25, 0.3) is 5.56 Å². The quantitative estimate of drug-likeness (QED) is 0.608. The highest BCUT2D eigenvalue weighted by molar-refractivity contribution is 8.02. The molecule has 3 heterocycles. The lowest BCUT2D eigenvalue weighted by atomic mass is 10.1. The molecular weight excluding hydrogens is 361 g/mol. The monoisotopic (exact) mass is 377 g/mol. The summed E-state index contributed by atoms with van der Waals surface area (Å²) in [4.78, 5) is 16.6.